The molecule has 1 aliphatic carbocycles. The molecule has 0 aromatic rings. The summed E-state index contributed by atoms with van der Waals surface area (Å²) in [6.45, 7) is 3.27. The van der Waals surface area contributed by atoms with Gasteiger partial charge in [0.25, 0.3) is 0 Å². The Hall–Kier alpha value is -0.790. The van der Waals surface area contributed by atoms with Crippen LogP contribution >= 0.6 is 0 Å². The largest absolute Gasteiger partial charge is 0.619 e. The topological polar surface area (TPSA) is 26.1 Å². The fourth-order valence-electron chi connectivity index (χ4n) is 1.05. The van der Waals surface area contributed by atoms with Crippen molar-refractivity contribution < 1.29 is 4.74 Å². The van der Waals surface area contributed by atoms with E-state index in [0.29, 0.717) is 0 Å². The third-order valence-electron chi connectivity index (χ3n) is 1.59. The van der Waals surface area contributed by atoms with Crippen LogP contribution < -0.4 is 0 Å². The first-order valence-corrected chi connectivity index (χ1v) is 3.27. The third-order valence-corrected chi connectivity index (χ3v) is 1.59. The van der Waals surface area contributed by atoms with Crippen LogP contribution in [0.1, 0.15) is 25.7 Å². The molecular formula is C7H11NO. The standard InChI is InChI=1S/C7H11NO/c1-8(9)7-5-3-2-4-6-7/h5H,1-4,6H2. The smallest absolute Gasteiger partial charge is 0.188 e. The Morgan fingerprint density at radius 3 is 2.67 bits per heavy atom. The second kappa shape index (κ2) is 2.67. The van der Waals surface area contributed by atoms with E-state index in [1.165, 1.54) is 6.42 Å². The van der Waals surface area contributed by atoms with Gasteiger partial charge in [0.2, 0.25) is 0 Å². The summed E-state index contributed by atoms with van der Waals surface area (Å²) >= 11 is 0. The third kappa shape index (κ3) is 1.56. The van der Waals surface area contributed by atoms with Crippen molar-refractivity contribution in [3.05, 3.63) is 17.0 Å². The fraction of sp³-hybridized carbons (Fsp3) is 0.571. The van der Waals surface area contributed by atoms with E-state index >= 15 is 0 Å². The van der Waals surface area contributed by atoms with Crippen LogP contribution in [0.5, 0.6) is 0 Å². The first kappa shape index (κ1) is 6.33. The molecule has 0 bridgehead atoms. The van der Waals surface area contributed by atoms with E-state index in [0.717, 1.165) is 29.7 Å². The van der Waals surface area contributed by atoms with Crippen LogP contribution in [-0.4, -0.2) is 11.5 Å². The van der Waals surface area contributed by atoms with E-state index in [9.17, 15) is 5.21 Å². The lowest BCUT2D eigenvalue weighted by Gasteiger charge is -2.09. The van der Waals surface area contributed by atoms with Crippen LogP contribution in [0.3, 0.4) is 0 Å². The number of hydrogen-bond donors (Lipinski definition) is 0. The van der Waals surface area contributed by atoms with Crippen LogP contribution in [0.4, 0.5) is 0 Å². The molecule has 0 heterocycles. The monoisotopic (exact) mass is 125 g/mol. The Labute approximate surface area is 55.1 Å². The molecular weight excluding hydrogens is 114 g/mol. The molecule has 2 nitrogen and oxygen atoms in total. The fourth-order valence-corrected chi connectivity index (χ4v) is 1.05. The van der Waals surface area contributed by atoms with Crippen molar-refractivity contribution in [2.75, 3.05) is 0 Å². The van der Waals surface area contributed by atoms with Crippen molar-refractivity contribution in [2.24, 2.45) is 0 Å². The minimum Gasteiger partial charge on any atom is -0.619 e. The summed E-state index contributed by atoms with van der Waals surface area (Å²) in [5, 5.41) is 10.5. The van der Waals surface area contributed by atoms with Crippen molar-refractivity contribution in [3.8, 4) is 0 Å². The molecule has 0 aromatic heterocycles. The van der Waals surface area contributed by atoms with Gasteiger partial charge in [0.15, 0.2) is 5.70 Å². The molecule has 0 saturated heterocycles. The molecule has 1 rings (SSSR count). The van der Waals surface area contributed by atoms with Gasteiger partial charge in [-0.25, -0.2) is 0 Å². The summed E-state index contributed by atoms with van der Waals surface area (Å²) in [6, 6.07) is 0. The van der Waals surface area contributed by atoms with Gasteiger partial charge in [0.05, 0.1) is 0 Å². The zero-order valence-corrected chi connectivity index (χ0v) is 5.47. The van der Waals surface area contributed by atoms with Gasteiger partial charge in [0.1, 0.15) is 6.72 Å². The predicted molar refractivity (Wildman–Crippen MR) is 37.3 cm³/mol. The summed E-state index contributed by atoms with van der Waals surface area (Å²) in [6.07, 6.45) is 6.29. The number of rotatable bonds is 1. The van der Waals surface area contributed by atoms with Crippen molar-refractivity contribution >= 4 is 6.72 Å². The Morgan fingerprint density at radius 1 is 1.56 bits per heavy atom. The van der Waals surface area contributed by atoms with Crippen LogP contribution in [0, 0.1) is 5.21 Å². The van der Waals surface area contributed by atoms with Gasteiger partial charge < -0.3 is 5.21 Å². The highest BCUT2D eigenvalue weighted by Gasteiger charge is 2.07. The first-order valence-electron chi connectivity index (χ1n) is 3.27. The normalized spacial score (nSPS) is 18.9. The molecule has 0 aliphatic heterocycles. The molecule has 2 heteroatoms. The van der Waals surface area contributed by atoms with Crippen LogP contribution in [0.2, 0.25) is 0 Å². The Kier molecular flexibility index (Phi) is 1.88. The maximum atomic E-state index is 10.5. The maximum absolute atomic E-state index is 10.5. The average molecular weight is 125 g/mol. The SMILES string of the molecule is C=[N+]([O-])C1=CCCCC1. The summed E-state index contributed by atoms with van der Waals surface area (Å²) in [5.74, 6) is 0. The molecule has 0 fully saturated rings. The molecule has 0 unspecified atom stereocenters. The molecule has 0 N–H and O–H groups in total. The summed E-state index contributed by atoms with van der Waals surface area (Å²) in [7, 11) is 0. The first-order chi connectivity index (χ1) is 4.30. The van der Waals surface area contributed by atoms with Crippen LogP contribution in [-0.2, 0) is 0 Å². The summed E-state index contributed by atoms with van der Waals surface area (Å²) in [5.41, 5.74) is 0.848. The van der Waals surface area contributed by atoms with Crippen molar-refractivity contribution in [3.63, 3.8) is 0 Å². The summed E-state index contributed by atoms with van der Waals surface area (Å²) in [4.78, 5) is 0. The van der Waals surface area contributed by atoms with Gasteiger partial charge in [0, 0.05) is 6.42 Å². The van der Waals surface area contributed by atoms with Gasteiger partial charge in [-0.15, -0.1) is 0 Å². The highest BCUT2D eigenvalue weighted by molar-refractivity contribution is 5.17. The zero-order valence-electron chi connectivity index (χ0n) is 5.47. The van der Waals surface area contributed by atoms with E-state index in [-0.39, 0.29) is 0 Å². The predicted octanol–water partition coefficient (Wildman–Crippen LogP) is 1.66. The van der Waals surface area contributed by atoms with Crippen molar-refractivity contribution in [2.45, 2.75) is 25.7 Å². The van der Waals surface area contributed by atoms with Crippen LogP contribution in [0.25, 0.3) is 0 Å². The van der Waals surface area contributed by atoms with Gasteiger partial charge in [-0.1, -0.05) is 0 Å². The van der Waals surface area contributed by atoms with E-state index in [2.05, 4.69) is 6.72 Å². The zero-order chi connectivity index (χ0) is 6.69. The van der Waals surface area contributed by atoms with E-state index < -0.39 is 0 Å². The molecule has 50 valence electrons. The quantitative estimate of drug-likeness (QED) is 0.226. The minimum atomic E-state index is 0.721. The second-order valence-corrected chi connectivity index (χ2v) is 2.32. The molecule has 1 aliphatic rings. The highest BCUT2D eigenvalue weighted by Crippen LogP contribution is 2.16. The lowest BCUT2D eigenvalue weighted by atomic mass is 10.1. The Bertz CT molecular complexity index is 149. The molecule has 0 amide bonds. The van der Waals surface area contributed by atoms with Gasteiger partial charge in [-0.05, 0) is 25.3 Å². The highest BCUT2D eigenvalue weighted by atomic mass is 16.5. The molecule has 0 atom stereocenters. The van der Waals surface area contributed by atoms with Crippen LogP contribution in [0.15, 0.2) is 11.8 Å². The van der Waals surface area contributed by atoms with E-state index in [4.69, 9.17) is 0 Å². The van der Waals surface area contributed by atoms with E-state index in [1.807, 2.05) is 6.08 Å². The van der Waals surface area contributed by atoms with Crippen molar-refractivity contribution in [1.29, 1.82) is 0 Å². The molecule has 9 heavy (non-hydrogen) atoms. The maximum Gasteiger partial charge on any atom is 0.188 e. The molecule has 0 spiro atoms. The second-order valence-electron chi connectivity index (χ2n) is 2.32. The van der Waals surface area contributed by atoms with E-state index in [1.54, 1.807) is 0 Å². The molecule has 0 saturated carbocycles. The van der Waals surface area contributed by atoms with Gasteiger partial charge in [-0.3, -0.25) is 0 Å². The summed E-state index contributed by atoms with van der Waals surface area (Å²) < 4.78 is 0.721. The number of nitrogens with zero attached hydrogens (tertiary/aromatic N) is 1. The minimum absolute atomic E-state index is 0.721. The van der Waals surface area contributed by atoms with Crippen molar-refractivity contribution in [1.82, 2.24) is 0 Å². The van der Waals surface area contributed by atoms with Gasteiger partial charge in [-0.2, -0.15) is 4.74 Å². The Morgan fingerprint density at radius 2 is 2.33 bits per heavy atom. The average Bonchev–Trinajstić information content (AvgIpc) is 1.90. The lowest BCUT2D eigenvalue weighted by Crippen LogP contribution is -2.02. The lowest BCUT2D eigenvalue weighted by molar-refractivity contribution is -0.395. The number of allylic oxidation sites excluding steroid dienone is 2. The van der Waals surface area contributed by atoms with Gasteiger partial charge >= 0.3 is 0 Å². The Balaban J connectivity index is 2.57. The molecule has 0 aromatic carbocycles. The number of hydroxylamine groups is 1. The number of hydrogen-bond acceptors (Lipinski definition) is 1. The molecule has 0 radical (unpaired) electrons.